The molecule has 12 aromatic carbocycles. The fraction of sp³-hybridized carbons (Fsp3) is 0.103. The average molecular weight is 1190 g/mol. The number of nitriles is 1. The van der Waals surface area contributed by atoms with E-state index in [2.05, 4.69) is 304 Å². The molecule has 0 bridgehead atoms. The minimum atomic E-state index is -0.616. The van der Waals surface area contributed by atoms with Crippen molar-refractivity contribution in [3.05, 3.63) is 303 Å². The molecule has 0 amide bonds. The van der Waals surface area contributed by atoms with Crippen LogP contribution in [-0.2, 0) is 5.41 Å². The molecule has 2 aliphatic rings. The summed E-state index contributed by atoms with van der Waals surface area (Å²) in [6.45, 7) is 17.5. The fourth-order valence-corrected chi connectivity index (χ4v) is 17.1. The predicted octanol–water partition coefficient (Wildman–Crippen LogP) is 21.8. The van der Waals surface area contributed by atoms with Crippen LogP contribution in [0, 0.1) is 66.7 Å². The molecule has 0 aliphatic heterocycles. The lowest BCUT2D eigenvalue weighted by Gasteiger charge is -2.31. The molecule has 93 heavy (non-hydrogen) atoms. The van der Waals surface area contributed by atoms with Gasteiger partial charge in [0.1, 0.15) is 11.6 Å². The maximum atomic E-state index is 13.4. The molecule has 0 N–H and O–H groups in total. The molecule has 1 spiro atoms. The molecule has 6 heteroatoms. The summed E-state index contributed by atoms with van der Waals surface area (Å²) in [6, 6.07) is 86.0. The summed E-state index contributed by atoms with van der Waals surface area (Å²) < 4.78 is 10.00. The minimum absolute atomic E-state index is 0.543. The summed E-state index contributed by atoms with van der Waals surface area (Å²) in [5.41, 5.74) is 32.6. The Bertz CT molecular complexity index is 5740. The van der Waals surface area contributed by atoms with E-state index in [1.165, 1.54) is 77.9 Å². The number of fused-ring (bicyclic) bond motifs is 22. The molecule has 2 aliphatic carbocycles. The highest BCUT2D eigenvalue weighted by Crippen LogP contribution is 2.64. The highest BCUT2D eigenvalue weighted by atomic mass is 15.1. The third-order valence-corrected chi connectivity index (χ3v) is 20.9. The van der Waals surface area contributed by atoms with Crippen molar-refractivity contribution in [2.24, 2.45) is 0 Å². The zero-order chi connectivity index (χ0) is 62.6. The molecule has 0 radical (unpaired) electrons. The zero-order valence-electron chi connectivity index (χ0n) is 53.1. The van der Waals surface area contributed by atoms with Crippen molar-refractivity contribution in [1.29, 1.82) is 5.26 Å². The van der Waals surface area contributed by atoms with E-state index < -0.39 is 5.41 Å². The minimum Gasteiger partial charge on any atom is -0.306 e. The van der Waals surface area contributed by atoms with Gasteiger partial charge in [-0.15, -0.1) is 0 Å². The summed E-state index contributed by atoms with van der Waals surface area (Å²) in [6.07, 6.45) is 4.08. The molecule has 440 valence electrons. The molecule has 5 aromatic heterocycles. The summed E-state index contributed by atoms with van der Waals surface area (Å²) in [5, 5.41) is 22.5. The molecule has 0 saturated heterocycles. The Morgan fingerprint density at radius 2 is 0.602 bits per heavy atom. The first-order valence-corrected chi connectivity index (χ1v) is 32.4. The molecule has 0 atom stereocenters. The zero-order valence-corrected chi connectivity index (χ0v) is 53.1. The highest BCUT2D eigenvalue weighted by molar-refractivity contribution is 6.18. The van der Waals surface area contributed by atoms with E-state index >= 15 is 0 Å². The number of benzene rings is 12. The van der Waals surface area contributed by atoms with Gasteiger partial charge in [0.2, 0.25) is 0 Å². The van der Waals surface area contributed by atoms with Crippen molar-refractivity contribution >= 4 is 87.2 Å². The summed E-state index contributed by atoms with van der Waals surface area (Å²) in [4.78, 5) is 5.01. The Balaban J connectivity index is 1.13. The topological polar surface area (TPSA) is 56.4 Å². The van der Waals surface area contributed by atoms with E-state index in [0.29, 0.717) is 5.56 Å². The standard InChI is InChI=1S/C87H62N6/c1-48-17-27-74-60(37-48)61-38-49(2)18-28-75(61)90(74)83-68(46-88)84(91-76-29-19-50(3)39-62(76)63-40-51(4)20-30-77(63)91)86(93-80-33-23-54(7)43-66(80)67-44-55(8)24-34-81(67)93)82(85(83)92-78-31-21-52(5)41-64(78)65-42-53(6)22-32-79(65)92)56-25-26-72-59(45-56)69-47-89-36-35-73(69)87(72)70-15-11-9-13-57(70)58-14-10-12-16-71(58)87/h9-45,47H,1-8H3. The second kappa shape index (κ2) is 19.0. The quantitative estimate of drug-likeness (QED) is 0.172. The Morgan fingerprint density at radius 3 is 0.935 bits per heavy atom. The molecule has 5 heterocycles. The molecule has 0 fully saturated rings. The smallest absolute Gasteiger partial charge is 0.104 e. The van der Waals surface area contributed by atoms with Crippen LogP contribution in [0.5, 0.6) is 0 Å². The Morgan fingerprint density at radius 1 is 0.301 bits per heavy atom. The van der Waals surface area contributed by atoms with Crippen molar-refractivity contribution in [2.45, 2.75) is 60.8 Å². The van der Waals surface area contributed by atoms with Gasteiger partial charge >= 0.3 is 0 Å². The molecule has 17 aromatic rings. The van der Waals surface area contributed by atoms with Gasteiger partial charge in [0.25, 0.3) is 0 Å². The monoisotopic (exact) mass is 1190 g/mol. The van der Waals surface area contributed by atoms with Gasteiger partial charge in [0.15, 0.2) is 0 Å². The van der Waals surface area contributed by atoms with E-state index in [0.717, 1.165) is 132 Å². The molecule has 0 unspecified atom stereocenters. The molecule has 19 rings (SSSR count). The van der Waals surface area contributed by atoms with Gasteiger partial charge in [-0.05, 0) is 209 Å². The number of hydrogen-bond acceptors (Lipinski definition) is 2. The van der Waals surface area contributed by atoms with E-state index in [4.69, 9.17) is 4.98 Å². The van der Waals surface area contributed by atoms with Crippen molar-refractivity contribution in [2.75, 3.05) is 0 Å². The number of hydrogen-bond donors (Lipinski definition) is 0. The van der Waals surface area contributed by atoms with Gasteiger partial charge in [-0.2, -0.15) is 5.26 Å². The number of aromatic nitrogens is 5. The highest BCUT2D eigenvalue weighted by Gasteiger charge is 2.52. The largest absolute Gasteiger partial charge is 0.306 e. The second-order valence-electron chi connectivity index (χ2n) is 26.8. The lowest BCUT2D eigenvalue weighted by atomic mass is 9.70. The van der Waals surface area contributed by atoms with Crippen LogP contribution >= 0.6 is 0 Å². The van der Waals surface area contributed by atoms with Gasteiger partial charge in [0.05, 0.1) is 72.3 Å². The van der Waals surface area contributed by atoms with Crippen molar-refractivity contribution < 1.29 is 0 Å². The Kier molecular flexibility index (Phi) is 10.9. The van der Waals surface area contributed by atoms with E-state index in [9.17, 15) is 5.26 Å². The second-order valence-corrected chi connectivity index (χ2v) is 26.8. The van der Waals surface area contributed by atoms with E-state index in [1.807, 2.05) is 6.20 Å². The van der Waals surface area contributed by atoms with E-state index in [-0.39, 0.29) is 0 Å². The van der Waals surface area contributed by atoms with Gasteiger partial charge in [-0.25, -0.2) is 0 Å². The van der Waals surface area contributed by atoms with Crippen LogP contribution in [0.15, 0.2) is 231 Å². The van der Waals surface area contributed by atoms with Gasteiger partial charge in [-0.1, -0.05) is 154 Å². The Hall–Kier alpha value is -11.5. The van der Waals surface area contributed by atoms with Crippen LogP contribution in [0.4, 0.5) is 0 Å². The van der Waals surface area contributed by atoms with Crippen LogP contribution in [0.2, 0.25) is 0 Å². The van der Waals surface area contributed by atoms with Crippen LogP contribution in [0.25, 0.3) is 143 Å². The maximum absolute atomic E-state index is 13.4. The first-order valence-electron chi connectivity index (χ1n) is 32.4. The molecule has 6 nitrogen and oxygen atoms in total. The maximum Gasteiger partial charge on any atom is 0.104 e. The average Bonchev–Trinajstić information content (AvgIpc) is 1.54. The Labute approximate surface area is 538 Å². The SMILES string of the molecule is Cc1ccc2c(c1)c1cc(C)ccc1n2-c1c(C#N)c(-n2c3ccc(C)cc3c3cc(C)ccc32)c(-n2c3ccc(C)cc3c3cc(C)ccc32)c(-c2ccc3c(c2)-c2cnccc2C32c3ccccc3-c3ccccc32)c1-n1c2ccc(C)cc2c2cc(C)ccc21. The normalized spacial score (nSPS) is 13.0. The summed E-state index contributed by atoms with van der Waals surface area (Å²) in [5.74, 6) is 0. The van der Waals surface area contributed by atoms with Crippen LogP contribution in [0.3, 0.4) is 0 Å². The third-order valence-electron chi connectivity index (χ3n) is 20.9. The lowest BCUT2D eigenvalue weighted by Crippen LogP contribution is -2.25. The van der Waals surface area contributed by atoms with Crippen LogP contribution in [0.1, 0.15) is 72.3 Å². The number of aryl methyl sites for hydroxylation is 8. The molecular weight excluding hydrogens is 1130 g/mol. The van der Waals surface area contributed by atoms with Crippen molar-refractivity contribution in [1.82, 2.24) is 23.3 Å². The summed E-state index contributed by atoms with van der Waals surface area (Å²) >= 11 is 0. The first-order chi connectivity index (χ1) is 45.4. The van der Waals surface area contributed by atoms with Gasteiger partial charge < -0.3 is 18.3 Å². The van der Waals surface area contributed by atoms with Crippen LogP contribution in [-0.4, -0.2) is 23.3 Å². The van der Waals surface area contributed by atoms with Crippen molar-refractivity contribution in [3.63, 3.8) is 0 Å². The summed E-state index contributed by atoms with van der Waals surface area (Å²) in [7, 11) is 0. The predicted molar refractivity (Wildman–Crippen MR) is 386 cm³/mol. The number of rotatable bonds is 5. The number of nitrogens with zero attached hydrogens (tertiary/aromatic N) is 6. The molecule has 0 saturated carbocycles. The fourth-order valence-electron chi connectivity index (χ4n) is 17.1. The third kappa shape index (κ3) is 7.09. The first kappa shape index (κ1) is 53.3. The van der Waals surface area contributed by atoms with E-state index in [1.54, 1.807) is 0 Å². The van der Waals surface area contributed by atoms with Crippen LogP contribution < -0.4 is 0 Å². The van der Waals surface area contributed by atoms with Crippen molar-refractivity contribution in [3.8, 4) is 62.2 Å². The van der Waals surface area contributed by atoms with Gasteiger partial charge in [-0.3, -0.25) is 4.98 Å². The number of pyridine rings is 1. The lowest BCUT2D eigenvalue weighted by molar-refractivity contribution is 0.792. The molecular formula is C87H62N6. The van der Waals surface area contributed by atoms with Gasteiger partial charge in [0, 0.05) is 66.6 Å².